The van der Waals surface area contributed by atoms with E-state index in [0.29, 0.717) is 6.54 Å². The van der Waals surface area contributed by atoms with Gasteiger partial charge in [0.05, 0.1) is 17.5 Å². The zero-order valence-corrected chi connectivity index (χ0v) is 19.6. The van der Waals surface area contributed by atoms with E-state index in [4.69, 9.17) is 4.74 Å². The Kier molecular flexibility index (Phi) is 9.20. The van der Waals surface area contributed by atoms with Crippen LogP contribution in [0.4, 0.5) is 0 Å². The number of thioether (sulfide) groups is 1. The van der Waals surface area contributed by atoms with Crippen LogP contribution in [0.25, 0.3) is 0 Å². The van der Waals surface area contributed by atoms with Crippen LogP contribution in [-0.2, 0) is 21.2 Å². The Morgan fingerprint density at radius 2 is 1.73 bits per heavy atom. The summed E-state index contributed by atoms with van der Waals surface area (Å²) in [6, 6.07) is 14.6. The molecule has 1 amide bonds. The number of rotatable bonds is 11. The van der Waals surface area contributed by atoms with Gasteiger partial charge in [-0.05, 0) is 74.9 Å². The maximum absolute atomic E-state index is 12.6. The van der Waals surface area contributed by atoms with Gasteiger partial charge < -0.3 is 10.1 Å². The molecule has 0 heterocycles. The Morgan fingerprint density at radius 1 is 1.10 bits per heavy atom. The molecule has 2 aromatic carbocycles. The first-order valence-electron chi connectivity index (χ1n) is 9.85. The SMILES string of the molecule is CSc1ccc(S(=O)(=O)N(C)CC(=O)NCCCc2ccc(OC(C)C)cc2)cc1. The van der Waals surface area contributed by atoms with Crippen molar-refractivity contribution in [3.05, 3.63) is 54.1 Å². The highest BCUT2D eigenvalue weighted by Crippen LogP contribution is 2.19. The van der Waals surface area contributed by atoms with E-state index in [1.54, 1.807) is 36.0 Å². The third kappa shape index (κ3) is 7.34. The summed E-state index contributed by atoms with van der Waals surface area (Å²) in [4.78, 5) is 13.3. The summed E-state index contributed by atoms with van der Waals surface area (Å²) in [6.07, 6.45) is 3.65. The Bertz CT molecular complexity index is 911. The van der Waals surface area contributed by atoms with Crippen LogP contribution in [-0.4, -0.2) is 51.1 Å². The molecular formula is C22H30N2O4S2. The molecule has 0 radical (unpaired) electrons. The fraction of sp³-hybridized carbons (Fsp3) is 0.409. The Morgan fingerprint density at radius 3 is 2.30 bits per heavy atom. The van der Waals surface area contributed by atoms with Crippen molar-refractivity contribution in [2.24, 2.45) is 0 Å². The van der Waals surface area contributed by atoms with Gasteiger partial charge in [0.2, 0.25) is 15.9 Å². The molecule has 0 saturated heterocycles. The van der Waals surface area contributed by atoms with Gasteiger partial charge in [-0.1, -0.05) is 12.1 Å². The third-order valence-corrected chi connectivity index (χ3v) is 6.95. The smallest absolute Gasteiger partial charge is 0.243 e. The number of aryl methyl sites for hydroxylation is 1. The summed E-state index contributed by atoms with van der Waals surface area (Å²) in [5, 5.41) is 2.79. The molecule has 0 bridgehead atoms. The molecule has 2 aromatic rings. The van der Waals surface area contributed by atoms with E-state index >= 15 is 0 Å². The first-order valence-corrected chi connectivity index (χ1v) is 12.5. The van der Waals surface area contributed by atoms with Gasteiger partial charge in [-0.3, -0.25) is 4.79 Å². The number of hydrogen-bond donors (Lipinski definition) is 1. The lowest BCUT2D eigenvalue weighted by Crippen LogP contribution is -2.38. The van der Waals surface area contributed by atoms with Crippen LogP contribution in [0.15, 0.2) is 58.3 Å². The average Bonchev–Trinajstić information content (AvgIpc) is 2.72. The van der Waals surface area contributed by atoms with Gasteiger partial charge in [0.25, 0.3) is 0 Å². The topological polar surface area (TPSA) is 75.7 Å². The highest BCUT2D eigenvalue weighted by Gasteiger charge is 2.22. The summed E-state index contributed by atoms with van der Waals surface area (Å²) in [5.41, 5.74) is 1.16. The van der Waals surface area contributed by atoms with Gasteiger partial charge in [-0.25, -0.2) is 8.42 Å². The quantitative estimate of drug-likeness (QED) is 0.418. The van der Waals surface area contributed by atoms with Crippen molar-refractivity contribution in [2.45, 2.75) is 42.6 Å². The molecule has 0 atom stereocenters. The molecule has 0 aliphatic heterocycles. The fourth-order valence-corrected chi connectivity index (χ4v) is 4.33. The number of carbonyl (C=O) groups excluding carboxylic acids is 1. The number of amides is 1. The standard InChI is InChI=1S/C22H30N2O4S2/c1-17(2)28-19-9-7-18(8-10-19)6-5-15-23-22(25)16-24(3)30(26,27)21-13-11-20(29-4)12-14-21/h7-14,17H,5-6,15-16H2,1-4H3,(H,23,25). The molecule has 0 fully saturated rings. The van der Waals surface area contributed by atoms with Crippen LogP contribution in [0.3, 0.4) is 0 Å². The molecule has 6 nitrogen and oxygen atoms in total. The number of carbonyl (C=O) groups is 1. The normalized spacial score (nSPS) is 11.7. The number of likely N-dealkylation sites (N-methyl/N-ethyl adjacent to an activating group) is 1. The lowest BCUT2D eigenvalue weighted by Gasteiger charge is -2.17. The maximum Gasteiger partial charge on any atom is 0.243 e. The molecule has 0 saturated carbocycles. The van der Waals surface area contributed by atoms with Crippen molar-refractivity contribution in [3.63, 3.8) is 0 Å². The predicted octanol–water partition coefficient (Wildman–Crippen LogP) is 3.57. The number of hydrogen-bond acceptors (Lipinski definition) is 5. The Labute approximate surface area is 184 Å². The third-order valence-electron chi connectivity index (χ3n) is 4.39. The van der Waals surface area contributed by atoms with E-state index in [1.807, 2.05) is 44.4 Å². The van der Waals surface area contributed by atoms with Crippen LogP contribution in [0.5, 0.6) is 5.75 Å². The highest BCUT2D eigenvalue weighted by atomic mass is 32.2. The largest absolute Gasteiger partial charge is 0.491 e. The first kappa shape index (κ1) is 24.2. The second kappa shape index (κ2) is 11.4. The molecule has 0 unspecified atom stereocenters. The van der Waals surface area contributed by atoms with Crippen molar-refractivity contribution < 1.29 is 17.9 Å². The molecule has 0 spiro atoms. The number of benzene rings is 2. The predicted molar refractivity (Wildman–Crippen MR) is 122 cm³/mol. The monoisotopic (exact) mass is 450 g/mol. The van der Waals surface area contributed by atoms with Crippen molar-refractivity contribution in [2.75, 3.05) is 26.4 Å². The van der Waals surface area contributed by atoms with Crippen LogP contribution in [0.2, 0.25) is 0 Å². The molecule has 8 heteroatoms. The van der Waals surface area contributed by atoms with Crippen molar-refractivity contribution >= 4 is 27.7 Å². The molecule has 2 rings (SSSR count). The van der Waals surface area contributed by atoms with Crippen molar-refractivity contribution in [3.8, 4) is 5.75 Å². The first-order chi connectivity index (χ1) is 14.2. The minimum absolute atomic E-state index is 0.141. The molecule has 0 aliphatic rings. The Hall–Kier alpha value is -2.03. The lowest BCUT2D eigenvalue weighted by molar-refractivity contribution is -0.121. The zero-order chi connectivity index (χ0) is 22.1. The van der Waals surface area contributed by atoms with Gasteiger partial charge in [-0.2, -0.15) is 4.31 Å². The minimum Gasteiger partial charge on any atom is -0.491 e. The van der Waals surface area contributed by atoms with E-state index in [9.17, 15) is 13.2 Å². The van der Waals surface area contributed by atoms with Crippen LogP contribution < -0.4 is 10.1 Å². The average molecular weight is 451 g/mol. The summed E-state index contributed by atoms with van der Waals surface area (Å²) in [7, 11) is -2.28. The second-order valence-electron chi connectivity index (χ2n) is 7.20. The molecule has 164 valence electrons. The van der Waals surface area contributed by atoms with Crippen LogP contribution >= 0.6 is 11.8 Å². The summed E-state index contributed by atoms with van der Waals surface area (Å²) in [6.45, 7) is 4.24. The summed E-state index contributed by atoms with van der Waals surface area (Å²) in [5.74, 6) is 0.525. The second-order valence-corrected chi connectivity index (χ2v) is 10.1. The van der Waals surface area contributed by atoms with E-state index in [0.717, 1.165) is 33.4 Å². The highest BCUT2D eigenvalue weighted by molar-refractivity contribution is 7.98. The molecule has 30 heavy (non-hydrogen) atoms. The number of nitrogens with one attached hydrogen (secondary N) is 1. The number of ether oxygens (including phenoxy) is 1. The fourth-order valence-electron chi connectivity index (χ4n) is 2.80. The van der Waals surface area contributed by atoms with Crippen LogP contribution in [0.1, 0.15) is 25.8 Å². The molecule has 1 N–H and O–H groups in total. The van der Waals surface area contributed by atoms with E-state index in [1.165, 1.54) is 7.05 Å². The van der Waals surface area contributed by atoms with Crippen molar-refractivity contribution in [1.82, 2.24) is 9.62 Å². The van der Waals surface area contributed by atoms with Gasteiger partial charge >= 0.3 is 0 Å². The molecule has 0 aliphatic carbocycles. The number of nitrogens with zero attached hydrogens (tertiary/aromatic N) is 1. The maximum atomic E-state index is 12.6. The lowest BCUT2D eigenvalue weighted by atomic mass is 10.1. The summed E-state index contributed by atoms with van der Waals surface area (Å²) < 4.78 is 31.9. The van der Waals surface area contributed by atoms with Gasteiger partial charge in [0, 0.05) is 18.5 Å². The minimum atomic E-state index is -3.69. The molecular weight excluding hydrogens is 420 g/mol. The number of sulfonamides is 1. The van der Waals surface area contributed by atoms with Crippen molar-refractivity contribution in [1.29, 1.82) is 0 Å². The van der Waals surface area contributed by atoms with E-state index < -0.39 is 10.0 Å². The molecule has 0 aromatic heterocycles. The Balaban J connectivity index is 1.76. The van der Waals surface area contributed by atoms with Crippen LogP contribution in [0, 0.1) is 0 Å². The zero-order valence-electron chi connectivity index (χ0n) is 17.9. The van der Waals surface area contributed by atoms with E-state index in [-0.39, 0.29) is 23.5 Å². The van der Waals surface area contributed by atoms with Gasteiger partial charge in [0.15, 0.2) is 0 Å². The van der Waals surface area contributed by atoms with E-state index in [2.05, 4.69) is 5.32 Å². The van der Waals surface area contributed by atoms with Gasteiger partial charge in [-0.15, -0.1) is 11.8 Å². The van der Waals surface area contributed by atoms with Gasteiger partial charge in [0.1, 0.15) is 5.75 Å². The summed E-state index contributed by atoms with van der Waals surface area (Å²) >= 11 is 1.54.